The maximum atomic E-state index is 13.0. The van der Waals surface area contributed by atoms with Crippen molar-refractivity contribution < 1.29 is 4.79 Å². The van der Waals surface area contributed by atoms with E-state index >= 15 is 0 Å². The van der Waals surface area contributed by atoms with Gasteiger partial charge in [0.2, 0.25) is 5.91 Å². The molecule has 1 N–H and O–H groups in total. The molecule has 1 atom stereocenters. The van der Waals surface area contributed by atoms with Crippen LogP contribution in [0.25, 0.3) is 0 Å². The van der Waals surface area contributed by atoms with Crippen LogP contribution in [0.4, 0.5) is 5.69 Å². The number of anilines is 1. The van der Waals surface area contributed by atoms with Crippen LogP contribution in [0.15, 0.2) is 24.3 Å². The smallest absolute Gasteiger partial charge is 0.230 e. The van der Waals surface area contributed by atoms with Crippen LogP contribution in [0.3, 0.4) is 0 Å². The summed E-state index contributed by atoms with van der Waals surface area (Å²) in [5.41, 5.74) is 2.29. The van der Waals surface area contributed by atoms with E-state index in [9.17, 15) is 4.79 Å². The van der Waals surface area contributed by atoms with Gasteiger partial charge < -0.3 is 10.2 Å². The molecule has 0 saturated heterocycles. The number of carbonyl (C=O) groups excluding carboxylic acids is 1. The Labute approximate surface area is 128 Å². The van der Waals surface area contributed by atoms with Gasteiger partial charge in [-0.1, -0.05) is 38.0 Å². The Morgan fingerprint density at radius 2 is 2.10 bits per heavy atom. The third kappa shape index (κ3) is 3.78. The highest BCUT2D eigenvalue weighted by molar-refractivity contribution is 5.86. The maximum Gasteiger partial charge on any atom is 0.230 e. The fraction of sp³-hybridized carbons (Fsp3) is 0.611. The number of para-hydroxylation sites is 1. The highest BCUT2D eigenvalue weighted by Crippen LogP contribution is 2.33. The minimum Gasteiger partial charge on any atom is -0.385 e. The van der Waals surface area contributed by atoms with Crippen LogP contribution in [-0.4, -0.2) is 29.9 Å². The molecular weight excluding hydrogens is 260 g/mol. The number of fused-ring (bicyclic) bond motifs is 1. The summed E-state index contributed by atoms with van der Waals surface area (Å²) in [5, 5.41) is 3.40. The Bertz CT molecular complexity index is 470. The zero-order chi connectivity index (χ0) is 15.2. The summed E-state index contributed by atoms with van der Waals surface area (Å²) in [7, 11) is 0. The van der Waals surface area contributed by atoms with Crippen LogP contribution in [0.1, 0.15) is 57.9 Å². The van der Waals surface area contributed by atoms with E-state index in [1.165, 1.54) is 12.8 Å². The summed E-state index contributed by atoms with van der Waals surface area (Å²) in [5.74, 6) is 0.321. The number of hydrogen-bond donors (Lipinski definition) is 1. The van der Waals surface area contributed by atoms with Crippen molar-refractivity contribution >= 4 is 11.6 Å². The molecule has 116 valence electrons. The molecular formula is C18H28N2O. The lowest BCUT2D eigenvalue weighted by atomic mass is 9.89. The van der Waals surface area contributed by atoms with Gasteiger partial charge in [-0.25, -0.2) is 0 Å². The molecule has 1 unspecified atom stereocenters. The summed E-state index contributed by atoms with van der Waals surface area (Å²) >= 11 is 0. The summed E-state index contributed by atoms with van der Waals surface area (Å²) < 4.78 is 0. The number of unbranched alkanes of at least 4 members (excludes halogenated alkanes) is 2. The van der Waals surface area contributed by atoms with Crippen molar-refractivity contribution in [1.29, 1.82) is 0 Å². The van der Waals surface area contributed by atoms with Crippen molar-refractivity contribution in [3.8, 4) is 0 Å². The van der Waals surface area contributed by atoms with Gasteiger partial charge in [0.05, 0.1) is 5.92 Å². The van der Waals surface area contributed by atoms with E-state index in [1.807, 2.05) is 12.1 Å². The molecule has 0 aromatic heterocycles. The van der Waals surface area contributed by atoms with Crippen LogP contribution >= 0.6 is 0 Å². The number of nitrogens with one attached hydrogen (secondary N) is 1. The largest absolute Gasteiger partial charge is 0.385 e. The van der Waals surface area contributed by atoms with E-state index < -0.39 is 0 Å². The lowest BCUT2D eigenvalue weighted by Crippen LogP contribution is -2.42. The highest BCUT2D eigenvalue weighted by atomic mass is 16.2. The number of amides is 1. The first-order valence-corrected chi connectivity index (χ1v) is 8.28. The average Bonchev–Trinajstić information content (AvgIpc) is 2.50. The minimum atomic E-state index is 0.0199. The molecule has 21 heavy (non-hydrogen) atoms. The molecule has 1 aromatic rings. The van der Waals surface area contributed by atoms with Crippen molar-refractivity contribution in [3.05, 3.63) is 29.8 Å². The van der Waals surface area contributed by atoms with Crippen molar-refractivity contribution in [2.45, 2.75) is 58.4 Å². The standard InChI is InChI=1S/C18H28N2O/c1-4-5-8-13-20(14(2)3)18(21)16-11-12-19-17-10-7-6-9-15(16)17/h6-7,9-10,14,16,19H,4-5,8,11-13H2,1-3H3. The number of carbonyl (C=O) groups is 1. The Balaban J connectivity index is 2.14. The van der Waals surface area contributed by atoms with Gasteiger partial charge in [0.1, 0.15) is 0 Å². The van der Waals surface area contributed by atoms with E-state index in [1.54, 1.807) is 0 Å². The molecule has 2 rings (SSSR count). The topological polar surface area (TPSA) is 32.3 Å². The zero-order valence-corrected chi connectivity index (χ0v) is 13.6. The molecule has 1 aliphatic heterocycles. The van der Waals surface area contributed by atoms with Gasteiger partial charge in [0, 0.05) is 24.8 Å². The van der Waals surface area contributed by atoms with Crippen LogP contribution in [0.2, 0.25) is 0 Å². The van der Waals surface area contributed by atoms with Gasteiger partial charge in [-0.05, 0) is 38.3 Å². The maximum absolute atomic E-state index is 13.0. The van der Waals surface area contributed by atoms with Crippen LogP contribution in [-0.2, 0) is 4.79 Å². The van der Waals surface area contributed by atoms with Gasteiger partial charge >= 0.3 is 0 Å². The first-order chi connectivity index (χ1) is 10.1. The lowest BCUT2D eigenvalue weighted by molar-refractivity contribution is -0.134. The molecule has 1 heterocycles. The van der Waals surface area contributed by atoms with Crippen LogP contribution < -0.4 is 5.32 Å². The monoisotopic (exact) mass is 288 g/mol. The first kappa shape index (κ1) is 15.9. The SMILES string of the molecule is CCCCCN(C(=O)C1CCNc2ccccc21)C(C)C. The van der Waals surface area contributed by atoms with Gasteiger partial charge in [0.25, 0.3) is 0 Å². The molecule has 3 heteroatoms. The Hall–Kier alpha value is -1.51. The second-order valence-electron chi connectivity index (χ2n) is 6.19. The predicted molar refractivity (Wildman–Crippen MR) is 88.7 cm³/mol. The Kier molecular flexibility index (Phi) is 5.66. The molecule has 1 amide bonds. The molecule has 3 nitrogen and oxygen atoms in total. The molecule has 0 bridgehead atoms. The quantitative estimate of drug-likeness (QED) is 0.802. The van der Waals surface area contributed by atoms with Crippen molar-refractivity contribution in [2.24, 2.45) is 0 Å². The molecule has 0 saturated carbocycles. The highest BCUT2D eigenvalue weighted by Gasteiger charge is 2.30. The average molecular weight is 288 g/mol. The summed E-state index contributed by atoms with van der Waals surface area (Å²) in [6.45, 7) is 8.21. The number of rotatable bonds is 6. The Morgan fingerprint density at radius 3 is 2.81 bits per heavy atom. The fourth-order valence-corrected chi connectivity index (χ4v) is 3.08. The number of benzene rings is 1. The zero-order valence-electron chi connectivity index (χ0n) is 13.6. The summed E-state index contributed by atoms with van der Waals surface area (Å²) in [6.07, 6.45) is 4.38. The normalized spacial score (nSPS) is 17.2. The Morgan fingerprint density at radius 1 is 1.33 bits per heavy atom. The van der Waals surface area contributed by atoms with E-state index in [4.69, 9.17) is 0 Å². The predicted octanol–water partition coefficient (Wildman–Crippen LogP) is 4.01. The summed E-state index contributed by atoms with van der Waals surface area (Å²) in [4.78, 5) is 15.1. The second kappa shape index (κ2) is 7.48. The molecule has 1 aliphatic rings. The minimum absolute atomic E-state index is 0.0199. The molecule has 0 fully saturated rings. The molecule has 0 spiro atoms. The molecule has 1 aromatic carbocycles. The van der Waals surface area contributed by atoms with E-state index in [0.717, 1.165) is 37.2 Å². The van der Waals surface area contributed by atoms with Gasteiger partial charge in [-0.3, -0.25) is 4.79 Å². The van der Waals surface area contributed by atoms with Crippen LogP contribution in [0.5, 0.6) is 0 Å². The third-order valence-electron chi connectivity index (χ3n) is 4.29. The first-order valence-electron chi connectivity index (χ1n) is 8.28. The number of nitrogens with zero attached hydrogens (tertiary/aromatic N) is 1. The van der Waals surface area contributed by atoms with Crippen LogP contribution in [0, 0.1) is 0 Å². The van der Waals surface area contributed by atoms with E-state index in [-0.39, 0.29) is 12.0 Å². The van der Waals surface area contributed by atoms with Gasteiger partial charge in [-0.15, -0.1) is 0 Å². The summed E-state index contributed by atoms with van der Waals surface area (Å²) in [6, 6.07) is 8.50. The second-order valence-corrected chi connectivity index (χ2v) is 6.19. The van der Waals surface area contributed by atoms with Crippen molar-refractivity contribution in [3.63, 3.8) is 0 Å². The van der Waals surface area contributed by atoms with Crippen molar-refractivity contribution in [2.75, 3.05) is 18.4 Å². The van der Waals surface area contributed by atoms with Gasteiger partial charge in [-0.2, -0.15) is 0 Å². The van der Waals surface area contributed by atoms with E-state index in [0.29, 0.717) is 5.91 Å². The third-order valence-corrected chi connectivity index (χ3v) is 4.29. The molecule has 0 aliphatic carbocycles. The van der Waals surface area contributed by atoms with Crippen molar-refractivity contribution in [1.82, 2.24) is 4.90 Å². The fourth-order valence-electron chi connectivity index (χ4n) is 3.08. The van der Waals surface area contributed by atoms with E-state index in [2.05, 4.69) is 43.1 Å². The lowest BCUT2D eigenvalue weighted by Gasteiger charge is -2.33. The number of hydrogen-bond acceptors (Lipinski definition) is 2. The molecule has 0 radical (unpaired) electrons. The van der Waals surface area contributed by atoms with Gasteiger partial charge in [0.15, 0.2) is 0 Å².